The lowest BCUT2D eigenvalue weighted by Crippen LogP contribution is -2.11. The predicted octanol–water partition coefficient (Wildman–Crippen LogP) is 3.62. The van der Waals surface area contributed by atoms with Gasteiger partial charge in [0, 0.05) is 30.0 Å². The van der Waals surface area contributed by atoms with E-state index in [4.69, 9.17) is 0 Å². The molecule has 0 radical (unpaired) electrons. The molecule has 0 bridgehead atoms. The van der Waals surface area contributed by atoms with E-state index in [0.717, 1.165) is 17.5 Å². The quantitative estimate of drug-likeness (QED) is 0.866. The summed E-state index contributed by atoms with van der Waals surface area (Å²) in [5, 5.41) is 4.54. The molecule has 0 aromatic carbocycles. The molecule has 0 aliphatic heterocycles. The fourth-order valence-corrected chi connectivity index (χ4v) is 2.56. The minimum atomic E-state index is 0.200. The minimum Gasteiger partial charge on any atom is -0.347 e. The fourth-order valence-electron chi connectivity index (χ4n) is 1.79. The summed E-state index contributed by atoms with van der Waals surface area (Å²) in [5.74, 6) is 0.934. The number of hydrogen-bond acceptors (Lipinski definition) is 4. The van der Waals surface area contributed by atoms with Crippen molar-refractivity contribution in [2.45, 2.75) is 46.2 Å². The van der Waals surface area contributed by atoms with Crippen LogP contribution in [0.25, 0.3) is 0 Å². The standard InChI is InChI=1S/C13H20N4S/c1-4-5-7-17-8-6-14-13(17)16-11(3)12-15-9-10(2)18-12/h6,8-9,11H,4-5,7H2,1-3H3,(H,14,16). The van der Waals surface area contributed by atoms with Crippen LogP contribution in [0.1, 0.15) is 42.6 Å². The second-order valence-corrected chi connectivity index (χ2v) is 5.74. The van der Waals surface area contributed by atoms with Gasteiger partial charge in [0.25, 0.3) is 0 Å². The third kappa shape index (κ3) is 3.10. The van der Waals surface area contributed by atoms with Crippen LogP contribution in [0.15, 0.2) is 18.6 Å². The van der Waals surface area contributed by atoms with Crippen molar-refractivity contribution >= 4 is 17.3 Å². The highest BCUT2D eigenvalue weighted by molar-refractivity contribution is 7.11. The van der Waals surface area contributed by atoms with Gasteiger partial charge in [-0.1, -0.05) is 13.3 Å². The zero-order valence-corrected chi connectivity index (χ0v) is 12.0. The van der Waals surface area contributed by atoms with Crippen molar-refractivity contribution in [2.75, 3.05) is 5.32 Å². The molecule has 2 aromatic rings. The number of unbranched alkanes of at least 4 members (excludes halogenated alkanes) is 1. The number of thiazole rings is 1. The Morgan fingerprint density at radius 1 is 1.44 bits per heavy atom. The number of nitrogens with zero attached hydrogens (tertiary/aromatic N) is 3. The topological polar surface area (TPSA) is 42.7 Å². The molecule has 4 nitrogen and oxygen atoms in total. The lowest BCUT2D eigenvalue weighted by molar-refractivity contribution is 0.630. The van der Waals surface area contributed by atoms with Crippen LogP contribution in [0.3, 0.4) is 0 Å². The summed E-state index contributed by atoms with van der Waals surface area (Å²) in [6, 6.07) is 0.200. The molecule has 0 fully saturated rings. The van der Waals surface area contributed by atoms with E-state index in [1.54, 1.807) is 11.3 Å². The number of hydrogen-bond donors (Lipinski definition) is 1. The zero-order chi connectivity index (χ0) is 13.0. The predicted molar refractivity (Wildman–Crippen MR) is 76.0 cm³/mol. The van der Waals surface area contributed by atoms with Crippen LogP contribution in [0.2, 0.25) is 0 Å². The Kier molecular flexibility index (Phi) is 4.36. The largest absolute Gasteiger partial charge is 0.347 e. The molecule has 1 unspecified atom stereocenters. The maximum absolute atomic E-state index is 4.41. The van der Waals surface area contributed by atoms with E-state index >= 15 is 0 Å². The molecule has 98 valence electrons. The van der Waals surface area contributed by atoms with Gasteiger partial charge in [-0.15, -0.1) is 11.3 Å². The molecule has 2 aromatic heterocycles. The molecule has 2 rings (SSSR count). The van der Waals surface area contributed by atoms with Gasteiger partial charge in [-0.2, -0.15) is 0 Å². The molecule has 0 spiro atoms. The monoisotopic (exact) mass is 264 g/mol. The Hall–Kier alpha value is -1.36. The van der Waals surface area contributed by atoms with Crippen LogP contribution in [-0.2, 0) is 6.54 Å². The van der Waals surface area contributed by atoms with Crippen LogP contribution >= 0.6 is 11.3 Å². The second-order valence-electron chi connectivity index (χ2n) is 4.47. The first-order chi connectivity index (χ1) is 8.70. The van der Waals surface area contributed by atoms with Crippen molar-refractivity contribution in [3.05, 3.63) is 28.5 Å². The van der Waals surface area contributed by atoms with Crippen molar-refractivity contribution < 1.29 is 0 Å². The van der Waals surface area contributed by atoms with Gasteiger partial charge < -0.3 is 9.88 Å². The summed E-state index contributed by atoms with van der Waals surface area (Å²) < 4.78 is 2.17. The molecule has 0 aliphatic carbocycles. The highest BCUT2D eigenvalue weighted by atomic mass is 32.1. The summed E-state index contributed by atoms with van der Waals surface area (Å²) in [6.45, 7) is 7.42. The van der Waals surface area contributed by atoms with Crippen LogP contribution in [0, 0.1) is 6.92 Å². The SMILES string of the molecule is CCCCn1ccnc1NC(C)c1ncc(C)s1. The van der Waals surface area contributed by atoms with E-state index in [1.807, 2.05) is 18.6 Å². The van der Waals surface area contributed by atoms with Crippen molar-refractivity contribution in [3.63, 3.8) is 0 Å². The van der Waals surface area contributed by atoms with Gasteiger partial charge in [0.2, 0.25) is 5.95 Å². The van der Waals surface area contributed by atoms with Crippen molar-refractivity contribution in [1.82, 2.24) is 14.5 Å². The van der Waals surface area contributed by atoms with Gasteiger partial charge in [0.1, 0.15) is 5.01 Å². The van der Waals surface area contributed by atoms with Crippen LogP contribution in [-0.4, -0.2) is 14.5 Å². The third-order valence-corrected chi connectivity index (χ3v) is 3.92. The highest BCUT2D eigenvalue weighted by Crippen LogP contribution is 2.22. The molecule has 0 saturated carbocycles. The zero-order valence-electron chi connectivity index (χ0n) is 11.2. The second kappa shape index (κ2) is 6.00. The summed E-state index contributed by atoms with van der Waals surface area (Å²) in [7, 11) is 0. The molecular formula is C13H20N4S. The molecule has 5 heteroatoms. The number of aromatic nitrogens is 3. The third-order valence-electron chi connectivity index (χ3n) is 2.82. The van der Waals surface area contributed by atoms with E-state index in [1.165, 1.54) is 17.7 Å². The van der Waals surface area contributed by atoms with E-state index in [0.29, 0.717) is 0 Å². The van der Waals surface area contributed by atoms with Gasteiger partial charge in [-0.3, -0.25) is 0 Å². The maximum Gasteiger partial charge on any atom is 0.203 e. The summed E-state index contributed by atoms with van der Waals surface area (Å²) in [4.78, 5) is 10.0. The fraction of sp³-hybridized carbons (Fsp3) is 0.538. The molecule has 0 saturated heterocycles. The van der Waals surface area contributed by atoms with Crippen LogP contribution in [0.5, 0.6) is 0 Å². The highest BCUT2D eigenvalue weighted by Gasteiger charge is 2.11. The number of nitrogens with one attached hydrogen (secondary N) is 1. The van der Waals surface area contributed by atoms with Crippen molar-refractivity contribution in [1.29, 1.82) is 0 Å². The molecule has 1 atom stereocenters. The maximum atomic E-state index is 4.41. The van der Waals surface area contributed by atoms with Crippen molar-refractivity contribution in [2.24, 2.45) is 0 Å². The van der Waals surface area contributed by atoms with Gasteiger partial charge in [-0.25, -0.2) is 9.97 Å². The van der Waals surface area contributed by atoms with Gasteiger partial charge >= 0.3 is 0 Å². The van der Waals surface area contributed by atoms with Crippen LogP contribution < -0.4 is 5.32 Å². The summed E-state index contributed by atoms with van der Waals surface area (Å²) >= 11 is 1.73. The van der Waals surface area contributed by atoms with Gasteiger partial charge in [0.05, 0.1) is 6.04 Å². The number of anilines is 1. The first kappa shape index (κ1) is 13.1. The average molecular weight is 264 g/mol. The molecule has 0 aliphatic rings. The molecular weight excluding hydrogens is 244 g/mol. The number of rotatable bonds is 6. The Morgan fingerprint density at radius 3 is 2.94 bits per heavy atom. The first-order valence-corrected chi connectivity index (χ1v) is 7.22. The lowest BCUT2D eigenvalue weighted by Gasteiger charge is -2.13. The Morgan fingerprint density at radius 2 is 2.28 bits per heavy atom. The van der Waals surface area contributed by atoms with E-state index in [9.17, 15) is 0 Å². The Balaban J connectivity index is 2.02. The summed E-state index contributed by atoms with van der Waals surface area (Å²) in [6.07, 6.45) is 8.16. The van der Waals surface area contributed by atoms with E-state index in [-0.39, 0.29) is 6.04 Å². The van der Waals surface area contributed by atoms with Gasteiger partial charge in [0.15, 0.2) is 0 Å². The molecule has 2 heterocycles. The van der Waals surface area contributed by atoms with Gasteiger partial charge in [-0.05, 0) is 20.3 Å². The number of aryl methyl sites for hydroxylation is 2. The van der Waals surface area contributed by atoms with E-state index < -0.39 is 0 Å². The Labute approximate surface area is 112 Å². The summed E-state index contributed by atoms with van der Waals surface area (Å²) in [5.41, 5.74) is 0. The minimum absolute atomic E-state index is 0.200. The molecule has 0 amide bonds. The molecule has 1 N–H and O–H groups in total. The van der Waals surface area contributed by atoms with E-state index in [2.05, 4.69) is 40.6 Å². The first-order valence-electron chi connectivity index (χ1n) is 6.40. The normalized spacial score (nSPS) is 12.6. The molecule has 18 heavy (non-hydrogen) atoms. The van der Waals surface area contributed by atoms with Crippen molar-refractivity contribution in [3.8, 4) is 0 Å². The average Bonchev–Trinajstić information content (AvgIpc) is 2.96. The number of imidazole rings is 1. The Bertz CT molecular complexity index is 489. The van der Waals surface area contributed by atoms with Crippen LogP contribution in [0.4, 0.5) is 5.95 Å². The smallest absolute Gasteiger partial charge is 0.203 e. The lowest BCUT2D eigenvalue weighted by atomic mass is 10.3.